The first-order valence-corrected chi connectivity index (χ1v) is 11.4. The zero-order chi connectivity index (χ0) is 24.2. The second-order valence-electron chi connectivity index (χ2n) is 8.22. The Balaban J connectivity index is 1.33. The molecule has 0 N–H and O–H groups in total. The predicted octanol–water partition coefficient (Wildman–Crippen LogP) is 3.37. The molecule has 1 aliphatic heterocycles. The van der Waals surface area contributed by atoms with Crippen molar-refractivity contribution in [1.82, 2.24) is 24.4 Å². The molecule has 5 rings (SSSR count). The Bertz CT molecular complexity index is 1280. The molecule has 0 bridgehead atoms. The third-order valence-electron chi connectivity index (χ3n) is 6.03. The molecule has 0 atom stereocenters. The maximum absolute atomic E-state index is 13.2. The number of anilines is 1. The summed E-state index contributed by atoms with van der Waals surface area (Å²) in [6.45, 7) is 2.25. The lowest BCUT2D eigenvalue weighted by Crippen LogP contribution is -2.49. The van der Waals surface area contributed by atoms with Crippen LogP contribution >= 0.6 is 0 Å². The van der Waals surface area contributed by atoms with Crippen molar-refractivity contribution in [3.8, 4) is 22.7 Å². The van der Waals surface area contributed by atoms with E-state index < -0.39 is 5.82 Å². The fraction of sp³-hybridized carbons (Fsp3) is 0.231. The summed E-state index contributed by atoms with van der Waals surface area (Å²) in [6.07, 6.45) is 4.45. The van der Waals surface area contributed by atoms with Crippen molar-refractivity contribution in [3.63, 3.8) is 0 Å². The van der Waals surface area contributed by atoms with Gasteiger partial charge in [-0.1, -0.05) is 18.2 Å². The largest absolute Gasteiger partial charge is 0.497 e. The summed E-state index contributed by atoms with van der Waals surface area (Å²) in [7, 11) is 1.63. The second-order valence-corrected chi connectivity index (χ2v) is 8.22. The fourth-order valence-corrected chi connectivity index (χ4v) is 4.13. The van der Waals surface area contributed by atoms with Gasteiger partial charge < -0.3 is 19.1 Å². The average molecular weight is 473 g/mol. The van der Waals surface area contributed by atoms with Crippen LogP contribution in [0.1, 0.15) is 5.82 Å². The van der Waals surface area contributed by atoms with E-state index in [0.29, 0.717) is 38.0 Å². The first-order valence-electron chi connectivity index (χ1n) is 11.4. The highest BCUT2D eigenvalue weighted by atomic mass is 19.1. The van der Waals surface area contributed by atoms with Crippen LogP contribution in [-0.2, 0) is 11.2 Å². The number of carbonyl (C=O) groups excluding carboxylic acids is 1. The van der Waals surface area contributed by atoms with Gasteiger partial charge in [0, 0.05) is 43.6 Å². The molecule has 2 aromatic carbocycles. The molecule has 0 aliphatic carbocycles. The molecule has 1 aliphatic rings. The number of rotatable bonds is 6. The Kier molecular flexibility index (Phi) is 6.38. The summed E-state index contributed by atoms with van der Waals surface area (Å²) in [4.78, 5) is 29.9. The van der Waals surface area contributed by atoms with Gasteiger partial charge in [0.15, 0.2) is 5.82 Å². The van der Waals surface area contributed by atoms with Crippen molar-refractivity contribution < 1.29 is 13.9 Å². The first kappa shape index (κ1) is 22.5. The monoisotopic (exact) mass is 472 g/mol. The number of piperazine rings is 1. The van der Waals surface area contributed by atoms with Crippen LogP contribution in [0.2, 0.25) is 0 Å². The van der Waals surface area contributed by atoms with E-state index in [1.54, 1.807) is 7.11 Å². The van der Waals surface area contributed by atoms with Crippen LogP contribution < -0.4 is 9.64 Å². The van der Waals surface area contributed by atoms with E-state index in [-0.39, 0.29) is 12.3 Å². The number of carbonyl (C=O) groups is 1. The lowest BCUT2D eigenvalue weighted by atomic mass is 10.1. The van der Waals surface area contributed by atoms with Crippen LogP contribution in [0.5, 0.6) is 5.75 Å². The molecule has 1 fully saturated rings. The highest BCUT2D eigenvalue weighted by Gasteiger charge is 2.24. The van der Waals surface area contributed by atoms with E-state index >= 15 is 0 Å². The van der Waals surface area contributed by atoms with Crippen molar-refractivity contribution >= 4 is 11.9 Å². The SMILES string of the molecule is COc1ccc(-c2cn(-c3ccccc3)c(CC(=O)N3CCN(c4ncc(F)cn4)CC3)n2)cc1. The molecule has 3 heterocycles. The molecule has 0 radical (unpaired) electrons. The van der Waals surface area contributed by atoms with Crippen LogP contribution in [0.25, 0.3) is 16.9 Å². The minimum Gasteiger partial charge on any atom is -0.497 e. The highest BCUT2D eigenvalue weighted by molar-refractivity contribution is 5.79. The van der Waals surface area contributed by atoms with E-state index in [1.165, 1.54) is 0 Å². The van der Waals surface area contributed by atoms with E-state index in [9.17, 15) is 9.18 Å². The highest BCUT2D eigenvalue weighted by Crippen LogP contribution is 2.24. The van der Waals surface area contributed by atoms with Gasteiger partial charge in [0.1, 0.15) is 11.6 Å². The van der Waals surface area contributed by atoms with Crippen LogP contribution in [0.15, 0.2) is 73.2 Å². The minimum absolute atomic E-state index is 0.00809. The van der Waals surface area contributed by atoms with Crippen molar-refractivity contribution in [2.45, 2.75) is 6.42 Å². The van der Waals surface area contributed by atoms with Gasteiger partial charge in [-0.2, -0.15) is 0 Å². The fourth-order valence-electron chi connectivity index (χ4n) is 4.13. The van der Waals surface area contributed by atoms with Gasteiger partial charge in [-0.15, -0.1) is 0 Å². The number of para-hydroxylation sites is 1. The van der Waals surface area contributed by atoms with E-state index in [0.717, 1.165) is 35.1 Å². The number of hydrogen-bond donors (Lipinski definition) is 0. The summed E-state index contributed by atoms with van der Waals surface area (Å²) < 4.78 is 20.4. The molecule has 0 spiro atoms. The van der Waals surface area contributed by atoms with Crippen molar-refractivity contribution in [2.24, 2.45) is 0 Å². The summed E-state index contributed by atoms with van der Waals surface area (Å²) in [5.74, 6) is 1.47. The molecule has 9 heteroatoms. The topological polar surface area (TPSA) is 76.4 Å². The molecular formula is C26H25FN6O2. The van der Waals surface area contributed by atoms with Crippen LogP contribution in [-0.4, -0.2) is 63.6 Å². The standard InChI is InChI=1S/C26H25FN6O2/c1-35-22-9-7-19(8-10-22)23-18-33(21-5-3-2-4-6-21)24(30-23)15-25(34)31-11-13-32(14-12-31)26-28-16-20(27)17-29-26/h2-10,16-18H,11-15H2,1H3. The lowest BCUT2D eigenvalue weighted by molar-refractivity contribution is -0.130. The van der Waals surface area contributed by atoms with Crippen LogP contribution in [0.4, 0.5) is 10.3 Å². The number of amides is 1. The summed E-state index contributed by atoms with van der Waals surface area (Å²) in [6, 6.07) is 17.6. The van der Waals surface area contributed by atoms with Crippen LogP contribution in [0, 0.1) is 5.82 Å². The smallest absolute Gasteiger partial charge is 0.230 e. The van der Waals surface area contributed by atoms with Gasteiger partial charge in [-0.25, -0.2) is 19.3 Å². The Morgan fingerprint density at radius 1 is 0.971 bits per heavy atom. The molecule has 1 saturated heterocycles. The Labute approximate surface area is 202 Å². The number of imidazole rings is 1. The Hall–Kier alpha value is -4.27. The van der Waals surface area contributed by atoms with Crippen molar-refractivity contribution in [2.75, 3.05) is 38.2 Å². The van der Waals surface area contributed by atoms with E-state index in [1.807, 2.05) is 75.2 Å². The predicted molar refractivity (Wildman–Crippen MR) is 130 cm³/mol. The zero-order valence-electron chi connectivity index (χ0n) is 19.3. The quantitative estimate of drug-likeness (QED) is 0.428. The molecule has 1 amide bonds. The normalized spacial score (nSPS) is 13.7. The number of hydrogen-bond acceptors (Lipinski definition) is 6. The molecule has 4 aromatic rings. The first-order chi connectivity index (χ1) is 17.1. The minimum atomic E-state index is -0.467. The Morgan fingerprint density at radius 3 is 2.31 bits per heavy atom. The zero-order valence-corrected chi connectivity index (χ0v) is 19.3. The number of nitrogens with zero attached hydrogens (tertiary/aromatic N) is 6. The van der Waals surface area contributed by atoms with Gasteiger partial charge in [0.25, 0.3) is 0 Å². The van der Waals surface area contributed by atoms with Gasteiger partial charge in [-0.3, -0.25) is 4.79 Å². The number of ether oxygens (including phenoxy) is 1. The van der Waals surface area contributed by atoms with Gasteiger partial charge in [0.2, 0.25) is 11.9 Å². The molecule has 178 valence electrons. The number of halogens is 1. The Morgan fingerprint density at radius 2 is 1.66 bits per heavy atom. The summed E-state index contributed by atoms with van der Waals surface area (Å²) >= 11 is 0. The van der Waals surface area contributed by atoms with Gasteiger partial charge in [-0.05, 0) is 36.4 Å². The maximum Gasteiger partial charge on any atom is 0.230 e. The summed E-state index contributed by atoms with van der Waals surface area (Å²) in [5.41, 5.74) is 2.68. The molecular weight excluding hydrogens is 447 g/mol. The third-order valence-corrected chi connectivity index (χ3v) is 6.03. The molecule has 8 nitrogen and oxygen atoms in total. The van der Waals surface area contributed by atoms with Crippen molar-refractivity contribution in [1.29, 1.82) is 0 Å². The summed E-state index contributed by atoms with van der Waals surface area (Å²) in [5, 5.41) is 0. The number of aromatic nitrogens is 4. The number of methoxy groups -OCH3 is 1. The van der Waals surface area contributed by atoms with Crippen LogP contribution in [0.3, 0.4) is 0 Å². The van der Waals surface area contributed by atoms with E-state index in [4.69, 9.17) is 9.72 Å². The molecule has 0 unspecified atom stereocenters. The average Bonchev–Trinajstić information content (AvgIpc) is 3.33. The molecule has 2 aromatic heterocycles. The molecule has 35 heavy (non-hydrogen) atoms. The second kappa shape index (κ2) is 9.92. The van der Waals surface area contributed by atoms with Gasteiger partial charge >= 0.3 is 0 Å². The third kappa shape index (κ3) is 4.98. The number of benzene rings is 2. The maximum atomic E-state index is 13.2. The van der Waals surface area contributed by atoms with Gasteiger partial charge in [0.05, 0.1) is 31.6 Å². The van der Waals surface area contributed by atoms with E-state index in [2.05, 4.69) is 9.97 Å². The van der Waals surface area contributed by atoms with Crippen molar-refractivity contribution in [3.05, 3.63) is 84.8 Å². The molecule has 0 saturated carbocycles. The lowest BCUT2D eigenvalue weighted by Gasteiger charge is -2.34.